The van der Waals surface area contributed by atoms with Crippen molar-refractivity contribution >= 4 is 11.8 Å². The topological polar surface area (TPSA) is 66.7 Å². The van der Waals surface area contributed by atoms with Gasteiger partial charge in [0.15, 0.2) is 0 Å². The molecular weight excluding hydrogens is 366 g/mol. The largest absolute Gasteiger partial charge is 0.350 e. The van der Waals surface area contributed by atoms with Gasteiger partial charge in [0.05, 0.1) is 5.41 Å². The highest BCUT2D eigenvalue weighted by Gasteiger charge is 2.50. The van der Waals surface area contributed by atoms with Gasteiger partial charge in [-0.15, -0.1) is 0 Å². The van der Waals surface area contributed by atoms with Gasteiger partial charge >= 0.3 is 0 Å². The molecule has 1 aromatic heterocycles. The number of benzene rings is 1. The molecule has 2 saturated heterocycles. The number of amides is 2. The number of rotatable bonds is 4. The fourth-order valence-corrected chi connectivity index (χ4v) is 5.01. The minimum absolute atomic E-state index is 0.166. The van der Waals surface area contributed by atoms with Gasteiger partial charge in [-0.3, -0.25) is 9.59 Å². The molecule has 0 bridgehead atoms. The number of piperidine rings is 1. The Morgan fingerprint density at radius 3 is 2.72 bits per heavy atom. The summed E-state index contributed by atoms with van der Waals surface area (Å²) in [6, 6.07) is 11.4. The van der Waals surface area contributed by atoms with E-state index in [1.54, 1.807) is 11.0 Å². The molecule has 2 amide bonds. The van der Waals surface area contributed by atoms with Crippen LogP contribution in [-0.2, 0) is 4.79 Å². The van der Waals surface area contributed by atoms with Crippen molar-refractivity contribution in [1.29, 1.82) is 0 Å². The third-order valence-corrected chi connectivity index (χ3v) is 6.96. The first-order valence-electron chi connectivity index (χ1n) is 10.8. The number of nitrogens with zero attached hydrogens (tertiary/aromatic N) is 3. The average molecular weight is 393 g/mol. The molecule has 1 spiro atoms. The normalized spacial score (nSPS) is 24.9. The van der Waals surface area contributed by atoms with Gasteiger partial charge in [0.25, 0.3) is 5.91 Å². The van der Waals surface area contributed by atoms with Crippen LogP contribution in [-0.4, -0.2) is 52.9 Å². The van der Waals surface area contributed by atoms with E-state index in [-0.39, 0.29) is 17.6 Å². The van der Waals surface area contributed by atoms with Crippen molar-refractivity contribution in [3.8, 4) is 11.3 Å². The van der Waals surface area contributed by atoms with E-state index in [1.807, 2.05) is 30.3 Å². The van der Waals surface area contributed by atoms with Crippen LogP contribution in [0.5, 0.6) is 0 Å². The highest BCUT2D eigenvalue weighted by atomic mass is 16.5. The minimum atomic E-state index is -0.403. The van der Waals surface area contributed by atoms with Crippen LogP contribution in [0.25, 0.3) is 11.3 Å². The molecule has 1 atom stereocenters. The lowest BCUT2D eigenvalue weighted by molar-refractivity contribution is -0.146. The van der Waals surface area contributed by atoms with Crippen molar-refractivity contribution in [2.24, 2.45) is 11.3 Å². The molecule has 0 N–H and O–H groups in total. The van der Waals surface area contributed by atoms with Crippen molar-refractivity contribution in [2.75, 3.05) is 26.2 Å². The molecule has 6 nitrogen and oxygen atoms in total. The summed E-state index contributed by atoms with van der Waals surface area (Å²) < 4.78 is 5.36. The third kappa shape index (κ3) is 3.34. The van der Waals surface area contributed by atoms with E-state index < -0.39 is 5.41 Å². The Kier molecular flexibility index (Phi) is 4.64. The maximum atomic E-state index is 13.3. The van der Waals surface area contributed by atoms with Crippen molar-refractivity contribution in [1.82, 2.24) is 15.0 Å². The third-order valence-electron chi connectivity index (χ3n) is 6.96. The number of hydrogen-bond donors (Lipinski definition) is 0. The first kappa shape index (κ1) is 18.4. The molecule has 2 aliphatic heterocycles. The molecule has 3 heterocycles. The zero-order valence-electron chi connectivity index (χ0n) is 16.7. The second-order valence-electron chi connectivity index (χ2n) is 8.85. The lowest BCUT2D eigenvalue weighted by Crippen LogP contribution is -2.52. The molecule has 3 aliphatic rings. The molecule has 2 aromatic rings. The summed E-state index contributed by atoms with van der Waals surface area (Å²) >= 11 is 0. The fourth-order valence-electron chi connectivity index (χ4n) is 5.01. The van der Waals surface area contributed by atoms with Gasteiger partial charge in [-0.25, -0.2) is 0 Å². The highest BCUT2D eigenvalue weighted by molar-refractivity contribution is 5.94. The monoisotopic (exact) mass is 393 g/mol. The number of carbonyl (C=O) groups is 2. The van der Waals surface area contributed by atoms with Crippen molar-refractivity contribution < 1.29 is 14.1 Å². The second kappa shape index (κ2) is 7.32. The lowest BCUT2D eigenvalue weighted by atomic mass is 9.77. The van der Waals surface area contributed by atoms with Crippen LogP contribution in [0.2, 0.25) is 0 Å². The van der Waals surface area contributed by atoms with E-state index in [9.17, 15) is 9.59 Å². The van der Waals surface area contributed by atoms with E-state index in [4.69, 9.17) is 4.52 Å². The van der Waals surface area contributed by atoms with Gasteiger partial charge in [0.1, 0.15) is 5.69 Å². The fraction of sp³-hybridized carbons (Fsp3) is 0.522. The number of aromatic nitrogens is 1. The Bertz CT molecular complexity index is 905. The van der Waals surface area contributed by atoms with Gasteiger partial charge in [0, 0.05) is 37.8 Å². The van der Waals surface area contributed by atoms with Gasteiger partial charge in [-0.2, -0.15) is 0 Å². The van der Waals surface area contributed by atoms with Crippen LogP contribution in [0.3, 0.4) is 0 Å². The van der Waals surface area contributed by atoms with Gasteiger partial charge in [-0.1, -0.05) is 41.9 Å². The number of carbonyl (C=O) groups excluding carboxylic acids is 2. The standard InChI is InChI=1S/C23H27N3O3/c27-21(20-14-19(24-29-20)18-8-2-1-3-9-18)26-13-11-23(16-26)10-5-12-25(22(23)28)15-17-6-4-7-17/h1-3,8-9,14,17H,4-7,10-13,15-16H2/t23-/m0/s1. The number of hydrogen-bond acceptors (Lipinski definition) is 4. The Labute approximate surface area is 170 Å². The van der Waals surface area contributed by atoms with E-state index in [1.165, 1.54) is 19.3 Å². The van der Waals surface area contributed by atoms with Crippen molar-refractivity contribution in [2.45, 2.75) is 38.5 Å². The van der Waals surface area contributed by atoms with E-state index in [2.05, 4.69) is 10.1 Å². The van der Waals surface area contributed by atoms with Crippen LogP contribution in [0, 0.1) is 11.3 Å². The molecule has 0 unspecified atom stereocenters. The van der Waals surface area contributed by atoms with Crippen LogP contribution in [0.15, 0.2) is 40.9 Å². The van der Waals surface area contributed by atoms with Crippen LogP contribution >= 0.6 is 0 Å². The van der Waals surface area contributed by atoms with E-state index in [0.29, 0.717) is 24.7 Å². The predicted molar refractivity (Wildman–Crippen MR) is 108 cm³/mol. The highest BCUT2D eigenvalue weighted by Crippen LogP contribution is 2.41. The van der Waals surface area contributed by atoms with Gasteiger partial charge in [0.2, 0.25) is 11.7 Å². The summed E-state index contributed by atoms with van der Waals surface area (Å²) in [5.74, 6) is 1.02. The molecule has 1 aromatic carbocycles. The molecule has 0 radical (unpaired) electrons. The SMILES string of the molecule is O=C(c1cc(-c2ccccc2)no1)N1CC[C@@]2(CCCN(CC3CCC3)C2=O)C1. The lowest BCUT2D eigenvalue weighted by Gasteiger charge is -2.42. The Hall–Kier alpha value is -2.63. The molecule has 5 rings (SSSR count). The quantitative estimate of drug-likeness (QED) is 0.796. The molecular formula is C23H27N3O3. The summed E-state index contributed by atoms with van der Waals surface area (Å²) in [7, 11) is 0. The van der Waals surface area contributed by atoms with Crippen LogP contribution in [0.4, 0.5) is 0 Å². The summed E-state index contributed by atoms with van der Waals surface area (Å²) in [5.41, 5.74) is 1.17. The van der Waals surface area contributed by atoms with Crippen LogP contribution < -0.4 is 0 Å². The van der Waals surface area contributed by atoms with Crippen molar-refractivity contribution in [3.63, 3.8) is 0 Å². The molecule has 29 heavy (non-hydrogen) atoms. The van der Waals surface area contributed by atoms with Gasteiger partial charge in [-0.05, 0) is 38.0 Å². The average Bonchev–Trinajstić information content (AvgIpc) is 3.37. The predicted octanol–water partition coefficient (Wildman–Crippen LogP) is 3.60. The maximum Gasteiger partial charge on any atom is 0.292 e. The molecule has 3 fully saturated rings. The zero-order chi connectivity index (χ0) is 19.8. The summed E-state index contributed by atoms with van der Waals surface area (Å²) in [5, 5.41) is 4.06. The van der Waals surface area contributed by atoms with E-state index >= 15 is 0 Å². The van der Waals surface area contributed by atoms with Gasteiger partial charge < -0.3 is 14.3 Å². The minimum Gasteiger partial charge on any atom is -0.350 e. The first-order chi connectivity index (χ1) is 14.1. The van der Waals surface area contributed by atoms with Crippen LogP contribution in [0.1, 0.15) is 49.1 Å². The zero-order valence-corrected chi connectivity index (χ0v) is 16.7. The molecule has 1 aliphatic carbocycles. The van der Waals surface area contributed by atoms with Crippen molar-refractivity contribution in [3.05, 3.63) is 42.2 Å². The first-order valence-corrected chi connectivity index (χ1v) is 10.8. The summed E-state index contributed by atoms with van der Waals surface area (Å²) in [6.07, 6.45) is 6.44. The summed E-state index contributed by atoms with van der Waals surface area (Å²) in [4.78, 5) is 30.1. The van der Waals surface area contributed by atoms with E-state index in [0.717, 1.165) is 37.9 Å². The maximum absolute atomic E-state index is 13.3. The Morgan fingerprint density at radius 1 is 1.14 bits per heavy atom. The Morgan fingerprint density at radius 2 is 1.97 bits per heavy atom. The molecule has 6 heteroatoms. The number of likely N-dealkylation sites (tertiary alicyclic amines) is 2. The molecule has 1 saturated carbocycles. The molecule has 152 valence electrons. The smallest absolute Gasteiger partial charge is 0.292 e. The second-order valence-corrected chi connectivity index (χ2v) is 8.85. The Balaban J connectivity index is 1.28. The summed E-state index contributed by atoms with van der Waals surface area (Å²) in [6.45, 7) is 2.86.